The Morgan fingerprint density at radius 2 is 2.24 bits per heavy atom. The van der Waals surface area contributed by atoms with Crippen LogP contribution < -0.4 is 4.74 Å². The summed E-state index contributed by atoms with van der Waals surface area (Å²) < 4.78 is 5.51. The summed E-state index contributed by atoms with van der Waals surface area (Å²) in [4.78, 5) is 12.4. The molecule has 94 valence electrons. The first-order valence-corrected chi connectivity index (χ1v) is 6.55. The molecule has 3 nitrogen and oxygen atoms in total. The number of aromatic carboxylic acids is 1. The van der Waals surface area contributed by atoms with Gasteiger partial charge in [0.05, 0.1) is 0 Å². The number of rotatable bonds is 7. The Bertz CT molecular complexity index is 407. The Morgan fingerprint density at radius 3 is 2.76 bits per heavy atom. The van der Waals surface area contributed by atoms with Crippen molar-refractivity contribution in [1.82, 2.24) is 0 Å². The Labute approximate surface area is 106 Å². The molecular weight excluding hydrogens is 236 g/mol. The van der Waals surface area contributed by atoms with Crippen LogP contribution >= 0.6 is 11.3 Å². The molecule has 17 heavy (non-hydrogen) atoms. The van der Waals surface area contributed by atoms with Gasteiger partial charge < -0.3 is 9.84 Å². The monoisotopic (exact) mass is 254 g/mol. The topological polar surface area (TPSA) is 46.5 Å². The van der Waals surface area contributed by atoms with Gasteiger partial charge in [-0.1, -0.05) is 26.8 Å². The summed E-state index contributed by atoms with van der Waals surface area (Å²) >= 11 is 1.30. The van der Waals surface area contributed by atoms with E-state index in [1.807, 2.05) is 13.0 Å². The average Bonchev–Trinajstić information content (AvgIpc) is 2.69. The van der Waals surface area contributed by atoms with Gasteiger partial charge in [0, 0.05) is 4.88 Å². The number of carboxylic acid groups (broad SMARTS) is 1. The van der Waals surface area contributed by atoms with Crippen LogP contribution in [0.1, 0.15) is 41.2 Å². The van der Waals surface area contributed by atoms with E-state index in [1.165, 1.54) is 11.3 Å². The number of hydrogen-bond donors (Lipinski definition) is 1. The van der Waals surface area contributed by atoms with Crippen molar-refractivity contribution in [2.45, 2.75) is 33.1 Å². The maximum atomic E-state index is 11.1. The van der Waals surface area contributed by atoms with Gasteiger partial charge in [0.1, 0.15) is 12.4 Å². The van der Waals surface area contributed by atoms with Crippen molar-refractivity contribution < 1.29 is 14.6 Å². The normalized spacial score (nSPS) is 10.2. The molecule has 0 radical (unpaired) electrons. The van der Waals surface area contributed by atoms with E-state index >= 15 is 0 Å². The predicted octanol–water partition coefficient (Wildman–Crippen LogP) is 3.74. The second-order valence-corrected chi connectivity index (χ2v) is 4.99. The highest BCUT2D eigenvalue weighted by Crippen LogP contribution is 2.30. The van der Waals surface area contributed by atoms with Gasteiger partial charge >= 0.3 is 5.97 Å². The summed E-state index contributed by atoms with van der Waals surface area (Å²) in [5.74, 6) is -0.449. The third kappa shape index (κ3) is 3.89. The molecule has 0 spiro atoms. The number of carbonyl (C=O) groups is 1. The van der Waals surface area contributed by atoms with Gasteiger partial charge in [0.15, 0.2) is 4.88 Å². The predicted molar refractivity (Wildman–Crippen MR) is 70.2 cm³/mol. The van der Waals surface area contributed by atoms with E-state index in [1.54, 1.807) is 0 Å². The van der Waals surface area contributed by atoms with Gasteiger partial charge in [-0.15, -0.1) is 11.3 Å². The number of carboxylic acids is 1. The van der Waals surface area contributed by atoms with Crippen molar-refractivity contribution in [3.8, 4) is 5.75 Å². The molecule has 0 aliphatic carbocycles. The van der Waals surface area contributed by atoms with E-state index in [4.69, 9.17) is 9.84 Å². The van der Waals surface area contributed by atoms with E-state index < -0.39 is 5.97 Å². The van der Waals surface area contributed by atoms with Gasteiger partial charge in [0.25, 0.3) is 0 Å². The molecule has 0 unspecified atom stereocenters. The quantitative estimate of drug-likeness (QED) is 0.754. The lowest BCUT2D eigenvalue weighted by molar-refractivity contribution is 0.0698. The zero-order valence-corrected chi connectivity index (χ0v) is 11.1. The molecule has 1 aromatic heterocycles. The van der Waals surface area contributed by atoms with Crippen LogP contribution in [0.2, 0.25) is 0 Å². The lowest BCUT2D eigenvalue weighted by Gasteiger charge is -2.05. The number of ether oxygens (including phenoxy) is 1. The third-order valence-corrected chi connectivity index (χ3v) is 3.54. The number of hydrogen-bond acceptors (Lipinski definition) is 3. The van der Waals surface area contributed by atoms with E-state index in [9.17, 15) is 4.79 Å². The molecule has 0 fully saturated rings. The fourth-order valence-electron chi connectivity index (χ4n) is 1.33. The molecule has 0 aliphatic heterocycles. The van der Waals surface area contributed by atoms with Crippen molar-refractivity contribution in [2.75, 3.05) is 6.61 Å². The van der Waals surface area contributed by atoms with Crippen LogP contribution in [-0.4, -0.2) is 17.7 Å². The summed E-state index contributed by atoms with van der Waals surface area (Å²) in [6.07, 6.45) is 2.73. The second-order valence-electron chi connectivity index (χ2n) is 3.85. The zero-order chi connectivity index (χ0) is 12.8. The Morgan fingerprint density at radius 1 is 1.53 bits per heavy atom. The molecular formula is C13H18O3S. The number of aryl methyl sites for hydroxylation is 1. The van der Waals surface area contributed by atoms with Crippen LogP contribution in [0, 0.1) is 0 Å². The minimum absolute atomic E-state index is 0.289. The van der Waals surface area contributed by atoms with Crippen LogP contribution in [0.4, 0.5) is 0 Å². The Hall–Kier alpha value is -1.29. The minimum atomic E-state index is -0.922. The molecule has 0 aromatic carbocycles. The smallest absolute Gasteiger partial charge is 0.349 e. The molecule has 1 heterocycles. The van der Waals surface area contributed by atoms with Gasteiger partial charge in [-0.25, -0.2) is 4.79 Å². The minimum Gasteiger partial charge on any atom is -0.487 e. The summed E-state index contributed by atoms with van der Waals surface area (Å²) in [6.45, 7) is 8.29. The highest BCUT2D eigenvalue weighted by atomic mass is 32.1. The average molecular weight is 254 g/mol. The molecule has 0 atom stereocenters. The molecule has 1 N–H and O–H groups in total. The lowest BCUT2D eigenvalue weighted by Crippen LogP contribution is -2.02. The van der Waals surface area contributed by atoms with Gasteiger partial charge in [-0.05, 0) is 24.5 Å². The molecule has 0 amide bonds. The van der Waals surface area contributed by atoms with E-state index in [2.05, 4.69) is 13.5 Å². The summed E-state index contributed by atoms with van der Waals surface area (Å²) in [5, 5.41) is 9.08. The highest BCUT2D eigenvalue weighted by Gasteiger charge is 2.16. The molecule has 1 rings (SSSR count). The van der Waals surface area contributed by atoms with E-state index in [-0.39, 0.29) is 4.88 Å². The highest BCUT2D eigenvalue weighted by molar-refractivity contribution is 7.14. The zero-order valence-electron chi connectivity index (χ0n) is 10.3. The summed E-state index contributed by atoms with van der Waals surface area (Å²) in [6, 6.07) is 1.83. The molecule has 1 aromatic rings. The Kier molecular flexibility index (Phi) is 5.22. The van der Waals surface area contributed by atoms with Crippen molar-refractivity contribution in [3.63, 3.8) is 0 Å². The molecule has 0 aliphatic rings. The molecule has 0 bridgehead atoms. The summed E-state index contributed by atoms with van der Waals surface area (Å²) in [5.41, 5.74) is 0.963. The first-order valence-electron chi connectivity index (χ1n) is 5.73. The van der Waals surface area contributed by atoms with Crippen molar-refractivity contribution in [3.05, 3.63) is 28.0 Å². The molecule has 0 saturated carbocycles. The maximum Gasteiger partial charge on any atom is 0.349 e. The van der Waals surface area contributed by atoms with E-state index in [0.29, 0.717) is 12.4 Å². The van der Waals surface area contributed by atoms with Crippen molar-refractivity contribution in [1.29, 1.82) is 0 Å². The molecule has 4 heteroatoms. The van der Waals surface area contributed by atoms with E-state index in [0.717, 1.165) is 29.7 Å². The van der Waals surface area contributed by atoms with Gasteiger partial charge in [-0.3, -0.25) is 0 Å². The van der Waals surface area contributed by atoms with Crippen LogP contribution in [0.25, 0.3) is 0 Å². The van der Waals surface area contributed by atoms with Crippen LogP contribution in [-0.2, 0) is 6.42 Å². The first kappa shape index (κ1) is 13.8. The first-order chi connectivity index (χ1) is 8.08. The van der Waals surface area contributed by atoms with Crippen molar-refractivity contribution in [2.24, 2.45) is 0 Å². The van der Waals surface area contributed by atoms with Crippen molar-refractivity contribution >= 4 is 17.3 Å². The van der Waals surface area contributed by atoms with Crippen LogP contribution in [0.15, 0.2) is 18.2 Å². The fraction of sp³-hybridized carbons (Fsp3) is 0.462. The number of thiophene rings is 1. The van der Waals surface area contributed by atoms with Gasteiger partial charge in [0.2, 0.25) is 0 Å². The molecule has 0 saturated heterocycles. The standard InChI is InChI=1S/C13H18O3S/c1-4-6-10-7-11(12(17-10)13(14)15)16-8-9(3)5-2/h7H,3-6,8H2,1-2H3,(H,14,15). The second kappa shape index (κ2) is 6.45. The largest absolute Gasteiger partial charge is 0.487 e. The fourth-order valence-corrected chi connectivity index (χ4v) is 2.37. The maximum absolute atomic E-state index is 11.1. The SMILES string of the molecule is C=C(CC)COc1cc(CCC)sc1C(=O)O. The third-order valence-electron chi connectivity index (χ3n) is 2.37. The Balaban J connectivity index is 2.81. The lowest BCUT2D eigenvalue weighted by atomic mass is 10.2. The van der Waals surface area contributed by atoms with Crippen LogP contribution in [0.5, 0.6) is 5.75 Å². The van der Waals surface area contributed by atoms with Crippen LogP contribution in [0.3, 0.4) is 0 Å². The summed E-state index contributed by atoms with van der Waals surface area (Å²) in [7, 11) is 0. The van der Waals surface area contributed by atoms with Gasteiger partial charge in [-0.2, -0.15) is 0 Å².